The molecule has 0 aromatic heterocycles. The summed E-state index contributed by atoms with van der Waals surface area (Å²) in [7, 11) is 1.93. The third kappa shape index (κ3) is 5.12. The van der Waals surface area contributed by atoms with Crippen molar-refractivity contribution in [3.8, 4) is 0 Å². The highest BCUT2D eigenvalue weighted by molar-refractivity contribution is 6.30. The first-order valence-electron chi connectivity index (χ1n) is 6.96. The van der Waals surface area contributed by atoms with Crippen LogP contribution in [0.2, 0.25) is 5.02 Å². The lowest BCUT2D eigenvalue weighted by Gasteiger charge is -2.20. The largest absolute Gasteiger partial charge is 0.392 e. The fourth-order valence-electron chi connectivity index (χ4n) is 2.12. The number of halogens is 1. The summed E-state index contributed by atoms with van der Waals surface area (Å²) in [4.78, 5) is 13.8. The highest BCUT2D eigenvalue weighted by Crippen LogP contribution is 2.32. The topological polar surface area (TPSA) is 52.6 Å². The minimum atomic E-state index is -0.254. The Labute approximate surface area is 124 Å². The first-order valence-corrected chi connectivity index (χ1v) is 7.34. The van der Waals surface area contributed by atoms with Crippen LogP contribution in [0, 0.1) is 5.92 Å². The summed E-state index contributed by atoms with van der Waals surface area (Å²) in [5.41, 5.74) is 0.711. The lowest BCUT2D eigenvalue weighted by molar-refractivity contribution is -0.116. The van der Waals surface area contributed by atoms with Crippen LogP contribution in [0.1, 0.15) is 19.3 Å². The van der Waals surface area contributed by atoms with Crippen molar-refractivity contribution in [1.82, 2.24) is 4.90 Å². The van der Waals surface area contributed by atoms with E-state index in [1.807, 2.05) is 18.0 Å². The quantitative estimate of drug-likeness (QED) is 0.812. The summed E-state index contributed by atoms with van der Waals surface area (Å²) >= 11 is 5.86. The molecule has 0 bridgehead atoms. The van der Waals surface area contributed by atoms with E-state index in [0.29, 0.717) is 36.1 Å². The number of aliphatic hydroxyl groups is 1. The second-order valence-corrected chi connectivity index (χ2v) is 5.91. The van der Waals surface area contributed by atoms with Crippen molar-refractivity contribution >= 4 is 23.2 Å². The SMILES string of the molecule is CN(CCC(=O)Nc1cccc(Cl)c1)CC(O)C1CC1. The standard InChI is InChI=1S/C15H21ClN2O2/c1-18(10-14(19)11-5-6-11)8-7-15(20)17-13-4-2-3-12(16)9-13/h2-4,9,11,14,19H,5-8,10H2,1H3,(H,17,20). The molecule has 0 saturated heterocycles. The fraction of sp³-hybridized carbons (Fsp3) is 0.533. The van der Waals surface area contributed by atoms with Gasteiger partial charge in [-0.05, 0) is 44.0 Å². The number of benzene rings is 1. The smallest absolute Gasteiger partial charge is 0.225 e. The molecule has 2 rings (SSSR count). The third-order valence-electron chi connectivity index (χ3n) is 3.49. The van der Waals surface area contributed by atoms with Crippen LogP contribution >= 0.6 is 11.6 Å². The molecule has 1 saturated carbocycles. The molecule has 1 aromatic rings. The van der Waals surface area contributed by atoms with Gasteiger partial charge in [0, 0.05) is 30.2 Å². The van der Waals surface area contributed by atoms with Crippen LogP contribution in [-0.4, -0.2) is 42.2 Å². The summed E-state index contributed by atoms with van der Waals surface area (Å²) < 4.78 is 0. The predicted molar refractivity (Wildman–Crippen MR) is 80.9 cm³/mol. The Morgan fingerprint density at radius 3 is 2.95 bits per heavy atom. The molecule has 2 N–H and O–H groups in total. The first kappa shape index (κ1) is 15.3. The minimum absolute atomic E-state index is 0.0416. The zero-order valence-electron chi connectivity index (χ0n) is 11.7. The van der Waals surface area contributed by atoms with Gasteiger partial charge in [-0.2, -0.15) is 0 Å². The lowest BCUT2D eigenvalue weighted by atomic mass is 10.2. The molecule has 1 amide bonds. The maximum absolute atomic E-state index is 11.8. The molecule has 4 nitrogen and oxygen atoms in total. The molecule has 0 aliphatic heterocycles. The van der Waals surface area contributed by atoms with Gasteiger partial charge >= 0.3 is 0 Å². The molecule has 20 heavy (non-hydrogen) atoms. The zero-order chi connectivity index (χ0) is 14.5. The number of amides is 1. The van der Waals surface area contributed by atoms with E-state index in [4.69, 9.17) is 11.6 Å². The van der Waals surface area contributed by atoms with Gasteiger partial charge in [0.2, 0.25) is 5.91 Å². The molecule has 110 valence electrons. The molecule has 1 atom stereocenters. The summed E-state index contributed by atoms with van der Waals surface area (Å²) in [6.07, 6.45) is 2.41. The van der Waals surface area contributed by atoms with E-state index < -0.39 is 0 Å². The van der Waals surface area contributed by atoms with Crippen molar-refractivity contribution < 1.29 is 9.90 Å². The van der Waals surface area contributed by atoms with Crippen molar-refractivity contribution in [2.24, 2.45) is 5.92 Å². The van der Waals surface area contributed by atoms with Gasteiger partial charge in [-0.25, -0.2) is 0 Å². The van der Waals surface area contributed by atoms with Crippen LogP contribution in [0.25, 0.3) is 0 Å². The molecule has 0 radical (unpaired) electrons. The number of hydrogen-bond donors (Lipinski definition) is 2. The third-order valence-corrected chi connectivity index (χ3v) is 3.73. The average molecular weight is 297 g/mol. The fourth-order valence-corrected chi connectivity index (χ4v) is 2.31. The van der Waals surface area contributed by atoms with Crippen LogP contribution < -0.4 is 5.32 Å². The Morgan fingerprint density at radius 2 is 2.30 bits per heavy atom. The normalized spacial score (nSPS) is 16.2. The van der Waals surface area contributed by atoms with Gasteiger partial charge in [0.05, 0.1) is 6.10 Å². The van der Waals surface area contributed by atoms with Gasteiger partial charge in [0.15, 0.2) is 0 Å². The van der Waals surface area contributed by atoms with Crippen LogP contribution in [-0.2, 0) is 4.79 Å². The second-order valence-electron chi connectivity index (χ2n) is 5.48. The Balaban J connectivity index is 1.69. The molecule has 0 heterocycles. The molecule has 1 fully saturated rings. The second kappa shape index (κ2) is 7.07. The summed E-state index contributed by atoms with van der Waals surface area (Å²) in [6, 6.07) is 7.10. The van der Waals surface area contributed by atoms with Crippen molar-refractivity contribution in [3.05, 3.63) is 29.3 Å². The van der Waals surface area contributed by atoms with Gasteiger partial charge in [-0.3, -0.25) is 4.79 Å². The van der Waals surface area contributed by atoms with E-state index >= 15 is 0 Å². The van der Waals surface area contributed by atoms with Gasteiger partial charge < -0.3 is 15.3 Å². The van der Waals surface area contributed by atoms with Crippen molar-refractivity contribution in [2.75, 3.05) is 25.5 Å². The van der Waals surface area contributed by atoms with Gasteiger partial charge in [-0.15, -0.1) is 0 Å². The number of carbonyl (C=O) groups is 1. The van der Waals surface area contributed by atoms with Gasteiger partial charge in [0.1, 0.15) is 0 Å². The van der Waals surface area contributed by atoms with E-state index in [0.717, 1.165) is 12.8 Å². The van der Waals surface area contributed by atoms with Crippen molar-refractivity contribution in [1.29, 1.82) is 0 Å². The number of likely N-dealkylation sites (N-methyl/N-ethyl adjacent to an activating group) is 1. The van der Waals surface area contributed by atoms with E-state index in [1.54, 1.807) is 18.2 Å². The molecule has 5 heteroatoms. The van der Waals surface area contributed by atoms with E-state index in [-0.39, 0.29) is 12.0 Å². The van der Waals surface area contributed by atoms with E-state index in [2.05, 4.69) is 5.32 Å². The van der Waals surface area contributed by atoms with E-state index in [1.165, 1.54) is 0 Å². The summed E-state index contributed by atoms with van der Waals surface area (Å²) in [5, 5.41) is 13.3. The van der Waals surface area contributed by atoms with Crippen LogP contribution in [0.5, 0.6) is 0 Å². The van der Waals surface area contributed by atoms with Crippen LogP contribution in [0.15, 0.2) is 24.3 Å². The number of rotatable bonds is 7. The molecule has 0 spiro atoms. The lowest BCUT2D eigenvalue weighted by Crippen LogP contribution is -2.32. The predicted octanol–water partition coefficient (Wildman–Crippen LogP) is 2.37. The average Bonchev–Trinajstić information content (AvgIpc) is 3.20. The maximum atomic E-state index is 11.8. The zero-order valence-corrected chi connectivity index (χ0v) is 12.4. The molecule has 1 unspecified atom stereocenters. The van der Waals surface area contributed by atoms with Crippen LogP contribution in [0.4, 0.5) is 5.69 Å². The number of carbonyl (C=O) groups excluding carboxylic acids is 1. The molecular formula is C15H21ClN2O2. The van der Waals surface area contributed by atoms with E-state index in [9.17, 15) is 9.90 Å². The summed E-state index contributed by atoms with van der Waals surface area (Å²) in [6.45, 7) is 1.27. The Hall–Kier alpha value is -1.10. The first-order chi connectivity index (χ1) is 9.54. The van der Waals surface area contributed by atoms with Gasteiger partial charge in [0.25, 0.3) is 0 Å². The monoisotopic (exact) mass is 296 g/mol. The maximum Gasteiger partial charge on any atom is 0.225 e. The minimum Gasteiger partial charge on any atom is -0.392 e. The molecule has 1 aromatic carbocycles. The number of nitrogens with zero attached hydrogens (tertiary/aromatic N) is 1. The van der Waals surface area contributed by atoms with Gasteiger partial charge in [-0.1, -0.05) is 17.7 Å². The highest BCUT2D eigenvalue weighted by Gasteiger charge is 2.30. The number of anilines is 1. The Morgan fingerprint density at radius 1 is 1.55 bits per heavy atom. The van der Waals surface area contributed by atoms with Crippen molar-refractivity contribution in [3.63, 3.8) is 0 Å². The molecule has 1 aliphatic carbocycles. The number of hydrogen-bond acceptors (Lipinski definition) is 3. The Bertz CT molecular complexity index is 463. The Kier molecular flexibility index (Phi) is 5.40. The molecular weight excluding hydrogens is 276 g/mol. The summed E-state index contributed by atoms with van der Waals surface area (Å²) in [5.74, 6) is 0.428. The molecule has 1 aliphatic rings. The van der Waals surface area contributed by atoms with Crippen LogP contribution in [0.3, 0.4) is 0 Å². The highest BCUT2D eigenvalue weighted by atomic mass is 35.5. The number of nitrogens with one attached hydrogen (secondary N) is 1. The van der Waals surface area contributed by atoms with Crippen molar-refractivity contribution in [2.45, 2.75) is 25.4 Å². The number of aliphatic hydroxyl groups excluding tert-OH is 1.